The van der Waals surface area contributed by atoms with E-state index < -0.39 is 0 Å². The number of benzene rings is 2. The molecule has 2 aromatic rings. The van der Waals surface area contributed by atoms with Crippen LogP contribution in [0.4, 0.5) is 0 Å². The van der Waals surface area contributed by atoms with Crippen molar-refractivity contribution in [2.45, 2.75) is 38.7 Å². The van der Waals surface area contributed by atoms with Gasteiger partial charge in [0.15, 0.2) is 12.7 Å². The van der Waals surface area contributed by atoms with Gasteiger partial charge in [0.05, 0.1) is 12.3 Å². The van der Waals surface area contributed by atoms with Crippen molar-refractivity contribution in [3.8, 4) is 5.75 Å². The van der Waals surface area contributed by atoms with Crippen LogP contribution in [-0.4, -0.2) is 72.5 Å². The van der Waals surface area contributed by atoms with Crippen LogP contribution in [0.25, 0.3) is 0 Å². The normalized spacial score (nSPS) is 18.9. The third kappa shape index (κ3) is 6.15. The van der Waals surface area contributed by atoms with Crippen molar-refractivity contribution >= 4 is 11.6 Å². The predicted octanol–water partition coefficient (Wildman–Crippen LogP) is 3.41. The van der Waals surface area contributed by atoms with Gasteiger partial charge in [-0.25, -0.2) is 0 Å². The molecule has 0 aromatic heterocycles. The van der Waals surface area contributed by atoms with Crippen LogP contribution < -0.4 is 4.74 Å². The molecule has 1 saturated heterocycles. The maximum atomic E-state index is 12.5. The van der Waals surface area contributed by atoms with Gasteiger partial charge in [-0.05, 0) is 66.6 Å². The molecular formula is C27H35N3O4. The molecule has 1 aliphatic heterocycles. The molecule has 0 bridgehead atoms. The average Bonchev–Trinajstić information content (AvgIpc) is 2.89. The Labute approximate surface area is 202 Å². The first-order valence-corrected chi connectivity index (χ1v) is 12.3. The number of aliphatic hydroxyl groups excluding tert-OH is 1. The molecule has 1 atom stereocenters. The fourth-order valence-electron chi connectivity index (χ4n) is 4.61. The maximum Gasteiger partial charge on any atom is 0.260 e. The Kier molecular flexibility index (Phi) is 8.55. The number of amides is 1. The first-order chi connectivity index (χ1) is 16.7. The quantitative estimate of drug-likeness (QED) is 0.454. The van der Waals surface area contributed by atoms with E-state index in [9.17, 15) is 4.79 Å². The second-order valence-electron chi connectivity index (χ2n) is 8.84. The molecule has 0 saturated carbocycles. The summed E-state index contributed by atoms with van der Waals surface area (Å²) in [5.41, 5.74) is 4.49. The molecule has 4 rings (SSSR count). The lowest BCUT2D eigenvalue weighted by Crippen LogP contribution is -2.50. The van der Waals surface area contributed by atoms with E-state index in [0.29, 0.717) is 25.4 Å². The van der Waals surface area contributed by atoms with Crippen LogP contribution in [0, 0.1) is 0 Å². The zero-order valence-corrected chi connectivity index (χ0v) is 20.0. The number of oxime groups is 1. The minimum absolute atomic E-state index is 0.00521. The van der Waals surface area contributed by atoms with Gasteiger partial charge < -0.3 is 19.6 Å². The number of carbonyl (C=O) groups is 1. The minimum Gasteiger partial charge on any atom is -0.484 e. The van der Waals surface area contributed by atoms with E-state index in [0.717, 1.165) is 50.0 Å². The van der Waals surface area contributed by atoms with Crippen molar-refractivity contribution in [1.29, 1.82) is 0 Å². The van der Waals surface area contributed by atoms with Gasteiger partial charge in [0.25, 0.3) is 5.91 Å². The Hall–Kier alpha value is -2.90. The van der Waals surface area contributed by atoms with Crippen LogP contribution in [0.5, 0.6) is 5.75 Å². The van der Waals surface area contributed by atoms with E-state index in [-0.39, 0.29) is 25.2 Å². The maximum absolute atomic E-state index is 12.5. The summed E-state index contributed by atoms with van der Waals surface area (Å²) >= 11 is 0. The molecule has 1 N–H and O–H groups in total. The molecule has 1 aliphatic carbocycles. The molecule has 182 valence electrons. The number of β-amino-alcohol motifs (C(OH)–C–C–N with tert-alkyl or cyclic N) is 1. The molecule has 1 heterocycles. The molecule has 1 amide bonds. The summed E-state index contributed by atoms with van der Waals surface area (Å²) in [6, 6.07) is 16.1. The van der Waals surface area contributed by atoms with Gasteiger partial charge in [-0.15, -0.1) is 0 Å². The van der Waals surface area contributed by atoms with Crippen molar-refractivity contribution in [1.82, 2.24) is 9.80 Å². The first kappa shape index (κ1) is 24.2. The van der Waals surface area contributed by atoms with Crippen molar-refractivity contribution in [3.63, 3.8) is 0 Å². The molecule has 1 fully saturated rings. The summed E-state index contributed by atoms with van der Waals surface area (Å²) in [7, 11) is 0. The monoisotopic (exact) mass is 465 g/mol. The fourth-order valence-corrected chi connectivity index (χ4v) is 4.61. The fraction of sp³-hybridized carbons (Fsp3) is 0.481. The Morgan fingerprint density at radius 2 is 1.85 bits per heavy atom. The topological polar surface area (TPSA) is 74.6 Å². The lowest BCUT2D eigenvalue weighted by molar-refractivity contribution is -0.135. The molecule has 7 heteroatoms. The number of ether oxygens (including phenoxy) is 1. The van der Waals surface area contributed by atoms with Gasteiger partial charge in [0.1, 0.15) is 5.75 Å². The van der Waals surface area contributed by atoms with Crippen molar-refractivity contribution < 1.29 is 19.5 Å². The first-order valence-electron chi connectivity index (χ1n) is 12.3. The van der Waals surface area contributed by atoms with Crippen LogP contribution in [0.1, 0.15) is 49.0 Å². The van der Waals surface area contributed by atoms with Gasteiger partial charge in [0, 0.05) is 32.7 Å². The summed E-state index contributed by atoms with van der Waals surface area (Å²) in [4.78, 5) is 22.5. The molecule has 2 aromatic carbocycles. The van der Waals surface area contributed by atoms with Crippen LogP contribution in [-0.2, 0) is 16.1 Å². The number of aryl methyl sites for hydroxylation is 1. The highest BCUT2D eigenvalue weighted by atomic mass is 16.6. The van der Waals surface area contributed by atoms with Gasteiger partial charge in [-0.2, -0.15) is 0 Å². The number of rotatable bonds is 9. The standard InChI is InChI=1S/C27H35N3O4/c1-2-25(28-34-26-9-5-7-21-6-3-4-8-24(21)26)22-10-12-23(13-11-22)33-20-27(32)30-16-14-29(15-17-30)18-19-31/h3-4,6,8,10-13,26,31H,2,5,7,9,14-20H2,1H3/b28-25-. The second kappa shape index (κ2) is 12.0. The highest BCUT2D eigenvalue weighted by Crippen LogP contribution is 2.32. The largest absolute Gasteiger partial charge is 0.484 e. The van der Waals surface area contributed by atoms with Crippen molar-refractivity contribution in [3.05, 3.63) is 65.2 Å². The SMILES string of the molecule is CC/C(=N/OC1CCCc2ccccc21)c1ccc(OCC(=O)N2CCN(CCO)CC2)cc1. The lowest BCUT2D eigenvalue weighted by Gasteiger charge is -2.34. The van der Waals surface area contributed by atoms with Gasteiger partial charge in [-0.3, -0.25) is 9.69 Å². The van der Waals surface area contributed by atoms with Crippen LogP contribution in [0.15, 0.2) is 53.7 Å². The predicted molar refractivity (Wildman–Crippen MR) is 132 cm³/mol. The van der Waals surface area contributed by atoms with E-state index >= 15 is 0 Å². The highest BCUT2D eigenvalue weighted by molar-refractivity contribution is 6.00. The molecule has 0 radical (unpaired) electrons. The van der Waals surface area contributed by atoms with Gasteiger partial charge in [0.2, 0.25) is 0 Å². The molecule has 0 spiro atoms. The van der Waals surface area contributed by atoms with Crippen LogP contribution in [0.3, 0.4) is 0 Å². The highest BCUT2D eigenvalue weighted by Gasteiger charge is 2.22. The van der Waals surface area contributed by atoms with E-state index in [1.54, 1.807) is 0 Å². The number of hydrogen-bond acceptors (Lipinski definition) is 6. The van der Waals surface area contributed by atoms with E-state index in [1.807, 2.05) is 29.2 Å². The van der Waals surface area contributed by atoms with Crippen molar-refractivity contribution in [2.75, 3.05) is 45.9 Å². The number of fused-ring (bicyclic) bond motifs is 1. The van der Waals surface area contributed by atoms with Gasteiger partial charge >= 0.3 is 0 Å². The van der Waals surface area contributed by atoms with E-state index in [4.69, 9.17) is 14.7 Å². The van der Waals surface area contributed by atoms with Crippen LogP contribution >= 0.6 is 0 Å². The summed E-state index contributed by atoms with van der Waals surface area (Å²) in [5.74, 6) is 0.651. The number of aliphatic hydroxyl groups is 1. The smallest absolute Gasteiger partial charge is 0.260 e. The Morgan fingerprint density at radius 1 is 1.09 bits per heavy atom. The summed E-state index contributed by atoms with van der Waals surface area (Å²) < 4.78 is 5.74. The number of carbonyl (C=O) groups excluding carboxylic acids is 1. The zero-order chi connectivity index (χ0) is 23.8. The average molecular weight is 466 g/mol. The summed E-state index contributed by atoms with van der Waals surface area (Å²) in [6.45, 7) is 5.82. The van der Waals surface area contributed by atoms with E-state index in [2.05, 4.69) is 41.2 Å². The molecule has 7 nitrogen and oxygen atoms in total. The molecule has 34 heavy (non-hydrogen) atoms. The molecular weight excluding hydrogens is 430 g/mol. The van der Waals surface area contributed by atoms with Gasteiger partial charge in [-0.1, -0.05) is 36.3 Å². The molecule has 1 unspecified atom stereocenters. The number of piperazine rings is 1. The van der Waals surface area contributed by atoms with Crippen molar-refractivity contribution in [2.24, 2.45) is 5.16 Å². The Balaban J connectivity index is 1.30. The van der Waals surface area contributed by atoms with E-state index in [1.165, 1.54) is 11.1 Å². The Bertz CT molecular complexity index is 968. The third-order valence-electron chi connectivity index (χ3n) is 6.63. The number of hydrogen-bond donors (Lipinski definition) is 1. The summed E-state index contributed by atoms with van der Waals surface area (Å²) in [6.07, 6.45) is 3.96. The molecule has 2 aliphatic rings. The minimum atomic E-state index is -0.00954. The zero-order valence-electron chi connectivity index (χ0n) is 20.0. The van der Waals surface area contributed by atoms with Crippen LogP contribution in [0.2, 0.25) is 0 Å². The third-order valence-corrected chi connectivity index (χ3v) is 6.63. The number of nitrogens with zero attached hydrogens (tertiary/aromatic N) is 3. The Morgan fingerprint density at radius 3 is 2.59 bits per heavy atom. The second-order valence-corrected chi connectivity index (χ2v) is 8.84. The lowest BCUT2D eigenvalue weighted by atomic mass is 9.90. The summed E-state index contributed by atoms with van der Waals surface area (Å²) in [5, 5.41) is 13.6.